The normalized spacial score (nSPS) is 11.3. The molecule has 2 rings (SSSR count). The summed E-state index contributed by atoms with van der Waals surface area (Å²) >= 11 is 5.94. The SMILES string of the molecule is CC(C)(NC(=O)c1ccc(F)c(F)c1)c1cccc(Cl)c1. The molecule has 0 heterocycles. The molecule has 110 valence electrons. The summed E-state index contributed by atoms with van der Waals surface area (Å²) in [6, 6.07) is 10.1. The summed E-state index contributed by atoms with van der Waals surface area (Å²) in [5.74, 6) is -2.53. The minimum Gasteiger partial charge on any atom is -0.343 e. The van der Waals surface area contributed by atoms with Crippen molar-refractivity contribution >= 4 is 17.5 Å². The molecular formula is C16H14ClF2NO. The van der Waals surface area contributed by atoms with Gasteiger partial charge in [0, 0.05) is 10.6 Å². The molecule has 1 amide bonds. The summed E-state index contributed by atoms with van der Waals surface area (Å²) in [5, 5.41) is 3.33. The van der Waals surface area contributed by atoms with Crippen LogP contribution < -0.4 is 5.32 Å². The molecule has 0 saturated carbocycles. The van der Waals surface area contributed by atoms with E-state index in [0.29, 0.717) is 5.02 Å². The van der Waals surface area contributed by atoms with Gasteiger partial charge >= 0.3 is 0 Å². The van der Waals surface area contributed by atoms with Gasteiger partial charge in [0.05, 0.1) is 5.54 Å². The zero-order valence-corrected chi connectivity index (χ0v) is 12.3. The molecule has 2 aromatic rings. The molecule has 0 aliphatic rings. The number of amides is 1. The smallest absolute Gasteiger partial charge is 0.252 e. The monoisotopic (exact) mass is 309 g/mol. The Bertz CT molecular complexity index is 686. The first-order valence-corrected chi connectivity index (χ1v) is 6.71. The van der Waals surface area contributed by atoms with Gasteiger partial charge in [-0.2, -0.15) is 0 Å². The number of halogens is 3. The second kappa shape index (κ2) is 5.82. The lowest BCUT2D eigenvalue weighted by atomic mass is 9.94. The van der Waals surface area contributed by atoms with E-state index in [2.05, 4.69) is 5.32 Å². The van der Waals surface area contributed by atoms with E-state index in [9.17, 15) is 13.6 Å². The maximum atomic E-state index is 13.2. The van der Waals surface area contributed by atoms with E-state index in [0.717, 1.165) is 17.7 Å². The molecule has 0 radical (unpaired) electrons. The third-order valence-corrected chi connectivity index (χ3v) is 3.39. The quantitative estimate of drug-likeness (QED) is 0.900. The fourth-order valence-electron chi connectivity index (χ4n) is 1.94. The summed E-state index contributed by atoms with van der Waals surface area (Å²) < 4.78 is 26.1. The Kier molecular flexibility index (Phi) is 4.28. The van der Waals surface area contributed by atoms with Crippen LogP contribution in [0.25, 0.3) is 0 Å². The topological polar surface area (TPSA) is 29.1 Å². The molecule has 0 aliphatic carbocycles. The second-order valence-corrected chi connectivity index (χ2v) is 5.65. The number of rotatable bonds is 3. The zero-order chi connectivity index (χ0) is 15.6. The van der Waals surface area contributed by atoms with Crippen molar-refractivity contribution in [2.45, 2.75) is 19.4 Å². The molecular weight excluding hydrogens is 296 g/mol. The number of hydrogen-bond acceptors (Lipinski definition) is 1. The van der Waals surface area contributed by atoms with E-state index in [4.69, 9.17) is 11.6 Å². The number of hydrogen-bond donors (Lipinski definition) is 1. The van der Waals surface area contributed by atoms with Gasteiger partial charge in [-0.15, -0.1) is 0 Å². The third kappa shape index (κ3) is 3.58. The Morgan fingerprint density at radius 3 is 2.43 bits per heavy atom. The summed E-state index contributed by atoms with van der Waals surface area (Å²) in [5.41, 5.74) is 0.169. The molecule has 0 bridgehead atoms. The Hall–Kier alpha value is -1.94. The van der Waals surface area contributed by atoms with Crippen LogP contribution >= 0.6 is 11.6 Å². The van der Waals surface area contributed by atoms with Crippen LogP contribution in [0.3, 0.4) is 0 Å². The molecule has 5 heteroatoms. The highest BCUT2D eigenvalue weighted by Gasteiger charge is 2.24. The van der Waals surface area contributed by atoms with E-state index in [-0.39, 0.29) is 5.56 Å². The van der Waals surface area contributed by atoms with Crippen LogP contribution in [0.15, 0.2) is 42.5 Å². The van der Waals surface area contributed by atoms with Crippen LogP contribution in [0.1, 0.15) is 29.8 Å². The van der Waals surface area contributed by atoms with Crippen LogP contribution in [0.5, 0.6) is 0 Å². The first kappa shape index (κ1) is 15.4. The van der Waals surface area contributed by atoms with Crippen molar-refractivity contribution in [3.05, 3.63) is 70.2 Å². The van der Waals surface area contributed by atoms with Gasteiger partial charge in [0.25, 0.3) is 5.91 Å². The van der Waals surface area contributed by atoms with Crippen molar-refractivity contribution in [2.75, 3.05) is 0 Å². The van der Waals surface area contributed by atoms with Gasteiger partial charge in [-0.3, -0.25) is 4.79 Å². The fourth-order valence-corrected chi connectivity index (χ4v) is 2.13. The van der Waals surface area contributed by atoms with E-state index >= 15 is 0 Å². The summed E-state index contributed by atoms with van der Waals surface area (Å²) in [6.45, 7) is 3.60. The van der Waals surface area contributed by atoms with Gasteiger partial charge < -0.3 is 5.32 Å². The van der Waals surface area contributed by atoms with Crippen LogP contribution in [-0.4, -0.2) is 5.91 Å². The Morgan fingerprint density at radius 1 is 1.10 bits per heavy atom. The number of carbonyl (C=O) groups is 1. The molecule has 0 spiro atoms. The highest BCUT2D eigenvalue weighted by atomic mass is 35.5. The van der Waals surface area contributed by atoms with Gasteiger partial charge in [-0.25, -0.2) is 8.78 Å². The summed E-state index contributed by atoms with van der Waals surface area (Å²) in [6.07, 6.45) is 0. The van der Waals surface area contributed by atoms with Crippen LogP contribution in [0, 0.1) is 11.6 Å². The molecule has 0 aromatic heterocycles. The number of benzene rings is 2. The van der Waals surface area contributed by atoms with Crippen molar-refractivity contribution in [3.63, 3.8) is 0 Å². The van der Waals surface area contributed by atoms with Crippen LogP contribution in [-0.2, 0) is 5.54 Å². The zero-order valence-electron chi connectivity index (χ0n) is 11.6. The van der Waals surface area contributed by atoms with Crippen LogP contribution in [0.2, 0.25) is 5.02 Å². The molecule has 0 saturated heterocycles. The van der Waals surface area contributed by atoms with Crippen molar-refractivity contribution in [1.82, 2.24) is 5.32 Å². The largest absolute Gasteiger partial charge is 0.343 e. The standard InChI is InChI=1S/C16H14ClF2NO/c1-16(2,11-4-3-5-12(17)9-11)20-15(21)10-6-7-13(18)14(19)8-10/h3-9H,1-2H3,(H,20,21). The molecule has 0 fully saturated rings. The molecule has 2 nitrogen and oxygen atoms in total. The van der Waals surface area contributed by atoms with Crippen molar-refractivity contribution < 1.29 is 13.6 Å². The number of nitrogens with one attached hydrogen (secondary N) is 1. The maximum absolute atomic E-state index is 13.2. The average Bonchev–Trinajstić information content (AvgIpc) is 2.41. The molecule has 2 aromatic carbocycles. The lowest BCUT2D eigenvalue weighted by Gasteiger charge is -2.27. The second-order valence-electron chi connectivity index (χ2n) is 5.22. The Balaban J connectivity index is 2.23. The molecule has 0 atom stereocenters. The predicted molar refractivity (Wildman–Crippen MR) is 78.3 cm³/mol. The molecule has 0 unspecified atom stereocenters. The Labute approximate surface area is 126 Å². The highest BCUT2D eigenvalue weighted by molar-refractivity contribution is 6.30. The van der Waals surface area contributed by atoms with Crippen LogP contribution in [0.4, 0.5) is 8.78 Å². The minimum atomic E-state index is -1.05. The highest BCUT2D eigenvalue weighted by Crippen LogP contribution is 2.23. The summed E-state index contributed by atoms with van der Waals surface area (Å²) in [4.78, 5) is 12.1. The Morgan fingerprint density at radius 2 is 1.81 bits per heavy atom. The van der Waals surface area contributed by atoms with Gasteiger partial charge in [-0.1, -0.05) is 23.7 Å². The van der Waals surface area contributed by atoms with Crippen molar-refractivity contribution in [1.29, 1.82) is 0 Å². The van der Waals surface area contributed by atoms with Gasteiger partial charge in [0.1, 0.15) is 0 Å². The lowest BCUT2D eigenvalue weighted by Crippen LogP contribution is -2.41. The molecule has 1 N–H and O–H groups in total. The van der Waals surface area contributed by atoms with Gasteiger partial charge in [-0.05, 0) is 49.7 Å². The minimum absolute atomic E-state index is 0.0593. The van der Waals surface area contributed by atoms with E-state index in [1.54, 1.807) is 32.0 Å². The maximum Gasteiger partial charge on any atom is 0.252 e. The molecule has 21 heavy (non-hydrogen) atoms. The number of carbonyl (C=O) groups excluding carboxylic acids is 1. The van der Waals surface area contributed by atoms with E-state index in [1.807, 2.05) is 6.07 Å². The average molecular weight is 310 g/mol. The first-order valence-electron chi connectivity index (χ1n) is 6.33. The fraction of sp³-hybridized carbons (Fsp3) is 0.188. The first-order chi connectivity index (χ1) is 9.79. The van der Waals surface area contributed by atoms with E-state index < -0.39 is 23.1 Å². The van der Waals surface area contributed by atoms with Gasteiger partial charge in [0.2, 0.25) is 0 Å². The van der Waals surface area contributed by atoms with E-state index in [1.165, 1.54) is 6.07 Å². The lowest BCUT2D eigenvalue weighted by molar-refractivity contribution is 0.0911. The van der Waals surface area contributed by atoms with Crippen molar-refractivity contribution in [2.24, 2.45) is 0 Å². The van der Waals surface area contributed by atoms with Gasteiger partial charge in [0.15, 0.2) is 11.6 Å². The summed E-state index contributed by atoms with van der Waals surface area (Å²) in [7, 11) is 0. The third-order valence-electron chi connectivity index (χ3n) is 3.15. The molecule has 0 aliphatic heterocycles. The van der Waals surface area contributed by atoms with Crippen molar-refractivity contribution in [3.8, 4) is 0 Å². The predicted octanol–water partition coefficient (Wildman–Crippen LogP) is 4.28.